The van der Waals surface area contributed by atoms with Gasteiger partial charge in [0.05, 0.1) is 11.3 Å². The van der Waals surface area contributed by atoms with Crippen LogP contribution >= 0.6 is 0 Å². The van der Waals surface area contributed by atoms with Gasteiger partial charge in [-0.15, -0.1) is 0 Å². The average Bonchev–Trinajstić information content (AvgIpc) is 2.91. The van der Waals surface area contributed by atoms with E-state index < -0.39 is 5.91 Å². The number of primary amides is 1. The molecule has 1 unspecified atom stereocenters. The van der Waals surface area contributed by atoms with E-state index in [-0.39, 0.29) is 6.17 Å². The number of rotatable bonds is 7. The molecule has 0 aliphatic carbocycles. The second-order valence-electron chi connectivity index (χ2n) is 9.01. The third-order valence-corrected chi connectivity index (χ3v) is 7.02. The summed E-state index contributed by atoms with van der Waals surface area (Å²) in [6.45, 7) is 3.22. The molecule has 35 heavy (non-hydrogen) atoms. The maximum Gasteiger partial charge on any atom is 0.249 e. The molecule has 6 heteroatoms. The second-order valence-corrected chi connectivity index (χ2v) is 9.01. The number of hydrogen-bond acceptors (Lipinski definition) is 4. The zero-order valence-electron chi connectivity index (χ0n) is 19.7. The van der Waals surface area contributed by atoms with Crippen LogP contribution in [0.1, 0.15) is 17.5 Å². The molecule has 0 saturated carbocycles. The van der Waals surface area contributed by atoms with E-state index in [1.165, 1.54) is 11.3 Å². The summed E-state index contributed by atoms with van der Waals surface area (Å²) in [5.41, 5.74) is 11.3. The van der Waals surface area contributed by atoms with Crippen LogP contribution in [0.3, 0.4) is 0 Å². The summed E-state index contributed by atoms with van der Waals surface area (Å²) in [4.78, 5) is 31.8. The maximum absolute atomic E-state index is 12.8. The van der Waals surface area contributed by atoms with Gasteiger partial charge in [-0.05, 0) is 42.2 Å². The number of carbonyl (C=O) groups is 2. The summed E-state index contributed by atoms with van der Waals surface area (Å²) in [6.07, 6.45) is 1.96. The highest BCUT2D eigenvalue weighted by Gasteiger charge is 2.39. The van der Waals surface area contributed by atoms with E-state index in [0.29, 0.717) is 12.0 Å². The second kappa shape index (κ2) is 10.2. The Bertz CT molecular complexity index is 1220. The van der Waals surface area contributed by atoms with Gasteiger partial charge in [-0.25, -0.2) is 0 Å². The highest BCUT2D eigenvalue weighted by Crippen LogP contribution is 2.40. The van der Waals surface area contributed by atoms with Gasteiger partial charge >= 0.3 is 0 Å². The summed E-state index contributed by atoms with van der Waals surface area (Å²) in [7, 11) is 0. The van der Waals surface area contributed by atoms with Crippen molar-refractivity contribution in [1.29, 1.82) is 0 Å². The van der Waals surface area contributed by atoms with Crippen molar-refractivity contribution >= 4 is 29.3 Å². The predicted molar refractivity (Wildman–Crippen MR) is 140 cm³/mol. The summed E-state index contributed by atoms with van der Waals surface area (Å²) >= 11 is 0. The van der Waals surface area contributed by atoms with E-state index in [2.05, 4.69) is 46.2 Å². The third-order valence-electron chi connectivity index (χ3n) is 7.02. The molecule has 5 rings (SSSR count). The highest BCUT2D eigenvalue weighted by atomic mass is 16.1. The lowest BCUT2D eigenvalue weighted by molar-refractivity contribution is -0.113. The number of hydrogen-bond donors (Lipinski definition) is 1. The molecule has 6 nitrogen and oxygen atoms in total. The average molecular weight is 467 g/mol. The molecule has 178 valence electrons. The number of nitrogens with zero attached hydrogens (tertiary/aromatic N) is 3. The van der Waals surface area contributed by atoms with Gasteiger partial charge in [0, 0.05) is 37.4 Å². The first kappa shape index (κ1) is 22.9. The van der Waals surface area contributed by atoms with Crippen molar-refractivity contribution in [2.75, 3.05) is 36.0 Å². The summed E-state index contributed by atoms with van der Waals surface area (Å²) < 4.78 is 0. The number of carbonyl (C=O) groups excluding carboxylic acids is 2. The minimum absolute atomic E-state index is 0.341. The van der Waals surface area contributed by atoms with Crippen LogP contribution in [0.2, 0.25) is 0 Å². The monoisotopic (exact) mass is 466 g/mol. The number of fused-ring (bicyclic) bond motifs is 1. The Kier molecular flexibility index (Phi) is 6.64. The number of anilines is 2. The summed E-state index contributed by atoms with van der Waals surface area (Å²) in [6, 6.07) is 28.2. The predicted octanol–water partition coefficient (Wildman–Crippen LogP) is 3.68. The van der Waals surface area contributed by atoms with Gasteiger partial charge in [0.15, 0.2) is 0 Å². The molecular weight excluding hydrogens is 436 g/mol. The van der Waals surface area contributed by atoms with Gasteiger partial charge in [-0.1, -0.05) is 66.7 Å². The molecule has 2 amide bonds. The first-order valence-corrected chi connectivity index (χ1v) is 12.1. The van der Waals surface area contributed by atoms with Crippen LogP contribution < -0.4 is 15.5 Å². The van der Waals surface area contributed by atoms with E-state index in [1.807, 2.05) is 48.5 Å². The summed E-state index contributed by atoms with van der Waals surface area (Å²) in [5, 5.41) is 0. The largest absolute Gasteiger partial charge is 0.369 e. The third kappa shape index (κ3) is 4.57. The van der Waals surface area contributed by atoms with Crippen LogP contribution in [0, 0.1) is 0 Å². The Morgan fingerprint density at radius 1 is 0.829 bits per heavy atom. The van der Waals surface area contributed by atoms with E-state index in [4.69, 9.17) is 5.73 Å². The van der Waals surface area contributed by atoms with Gasteiger partial charge in [0.2, 0.25) is 12.3 Å². The van der Waals surface area contributed by atoms with Crippen molar-refractivity contribution in [1.82, 2.24) is 4.90 Å². The number of aryl methyl sites for hydroxylation is 1. The molecule has 1 saturated heterocycles. The molecule has 2 aliphatic heterocycles. The van der Waals surface area contributed by atoms with E-state index in [9.17, 15) is 9.59 Å². The molecule has 2 aliphatic rings. The van der Waals surface area contributed by atoms with Crippen molar-refractivity contribution < 1.29 is 9.59 Å². The van der Waals surface area contributed by atoms with Crippen LogP contribution in [-0.4, -0.2) is 49.6 Å². The van der Waals surface area contributed by atoms with Crippen LogP contribution in [0.5, 0.6) is 0 Å². The zero-order chi connectivity index (χ0) is 24.2. The lowest BCUT2D eigenvalue weighted by atomic mass is 9.87. The Morgan fingerprint density at radius 2 is 1.46 bits per heavy atom. The topological polar surface area (TPSA) is 69.9 Å². The highest BCUT2D eigenvalue weighted by molar-refractivity contribution is 6.22. The van der Waals surface area contributed by atoms with Gasteiger partial charge in [-0.3, -0.25) is 19.4 Å². The van der Waals surface area contributed by atoms with Crippen LogP contribution in [0.25, 0.3) is 5.57 Å². The van der Waals surface area contributed by atoms with Crippen molar-refractivity contribution in [2.24, 2.45) is 5.73 Å². The molecule has 0 aromatic heterocycles. The Balaban J connectivity index is 1.51. The number of nitrogens with two attached hydrogens (primary N) is 1. The molecule has 0 spiro atoms. The molecule has 3 aromatic carbocycles. The number of piperazine rings is 1. The lowest BCUT2D eigenvalue weighted by Gasteiger charge is -2.47. The standard InChI is InChI=1S/C29H30N4O2/c30-28(35)27-24-13-7-8-14-26(24)33(21-34)29(25(27)16-15-22-9-3-1-4-10-22)32-19-17-31(18-20-32)23-11-5-2-6-12-23/h1-14,21,29H,15-20H2,(H2,30,35). The molecule has 1 fully saturated rings. The van der Waals surface area contributed by atoms with Crippen LogP contribution in [0.4, 0.5) is 11.4 Å². The van der Waals surface area contributed by atoms with Crippen LogP contribution in [-0.2, 0) is 16.0 Å². The van der Waals surface area contributed by atoms with Crippen molar-refractivity contribution in [3.05, 3.63) is 102 Å². The smallest absolute Gasteiger partial charge is 0.249 e. The zero-order valence-corrected chi connectivity index (χ0v) is 19.7. The van der Waals surface area contributed by atoms with Crippen molar-refractivity contribution in [3.8, 4) is 0 Å². The van der Waals surface area contributed by atoms with Gasteiger partial charge < -0.3 is 10.6 Å². The van der Waals surface area contributed by atoms with Crippen molar-refractivity contribution in [3.63, 3.8) is 0 Å². The SMILES string of the molecule is NC(=O)C1=C(CCc2ccccc2)C(N2CCN(c3ccccc3)CC2)N(C=O)c2ccccc21. The van der Waals surface area contributed by atoms with E-state index in [1.54, 1.807) is 4.90 Å². The maximum atomic E-state index is 12.8. The Labute approximate surface area is 206 Å². The fraction of sp³-hybridized carbons (Fsp3) is 0.241. The fourth-order valence-electron chi connectivity index (χ4n) is 5.35. The Hall–Kier alpha value is -3.90. The van der Waals surface area contributed by atoms with Gasteiger partial charge in [0.25, 0.3) is 0 Å². The van der Waals surface area contributed by atoms with Gasteiger partial charge in [-0.2, -0.15) is 0 Å². The fourth-order valence-corrected chi connectivity index (χ4v) is 5.35. The molecule has 2 N–H and O–H groups in total. The molecule has 0 radical (unpaired) electrons. The van der Waals surface area contributed by atoms with Crippen LogP contribution in [0.15, 0.2) is 90.5 Å². The Morgan fingerprint density at radius 3 is 2.11 bits per heavy atom. The molecule has 0 bridgehead atoms. The first-order valence-electron chi connectivity index (χ1n) is 12.1. The van der Waals surface area contributed by atoms with E-state index >= 15 is 0 Å². The quantitative estimate of drug-likeness (QED) is 0.540. The first-order chi connectivity index (χ1) is 17.2. The lowest BCUT2D eigenvalue weighted by Crippen LogP contribution is -2.58. The van der Waals surface area contributed by atoms with Crippen molar-refractivity contribution in [2.45, 2.75) is 19.0 Å². The molecular formula is C29H30N4O2. The molecule has 2 heterocycles. The number of para-hydroxylation sites is 2. The van der Waals surface area contributed by atoms with E-state index in [0.717, 1.165) is 55.8 Å². The van der Waals surface area contributed by atoms with Gasteiger partial charge in [0.1, 0.15) is 6.17 Å². The summed E-state index contributed by atoms with van der Waals surface area (Å²) in [5.74, 6) is -0.445. The normalized spacial score (nSPS) is 18.3. The number of benzene rings is 3. The minimum atomic E-state index is -0.445. The molecule has 3 aromatic rings. The number of amides is 2. The molecule has 1 atom stereocenters. The minimum Gasteiger partial charge on any atom is -0.369 e.